The van der Waals surface area contributed by atoms with Gasteiger partial charge in [-0.25, -0.2) is 13.4 Å². The number of pyridine rings is 1. The summed E-state index contributed by atoms with van der Waals surface area (Å²) in [6, 6.07) is 5.83. The van der Waals surface area contributed by atoms with Crippen molar-refractivity contribution in [2.45, 2.75) is 26.3 Å². The SMILES string of the molecule is CCCS(=O)(=O)N1CCc2nc3ccccn3c2C1. The molecule has 1 aliphatic heterocycles. The van der Waals surface area contributed by atoms with Gasteiger partial charge in [-0.1, -0.05) is 13.0 Å². The van der Waals surface area contributed by atoms with Crippen LogP contribution in [0, 0.1) is 0 Å². The van der Waals surface area contributed by atoms with Crippen molar-refractivity contribution in [1.29, 1.82) is 0 Å². The quantitative estimate of drug-likeness (QED) is 0.854. The highest BCUT2D eigenvalue weighted by Crippen LogP contribution is 2.22. The molecule has 1 aliphatic rings. The summed E-state index contributed by atoms with van der Waals surface area (Å²) in [6.45, 7) is 2.86. The third-order valence-electron chi connectivity index (χ3n) is 3.49. The van der Waals surface area contributed by atoms with Crippen molar-refractivity contribution in [2.75, 3.05) is 12.3 Å². The van der Waals surface area contributed by atoms with Gasteiger partial charge >= 0.3 is 0 Å². The minimum atomic E-state index is -3.13. The molecule has 0 bridgehead atoms. The lowest BCUT2D eigenvalue weighted by Gasteiger charge is -2.25. The number of hydrogen-bond acceptors (Lipinski definition) is 3. The lowest BCUT2D eigenvalue weighted by Crippen LogP contribution is -2.37. The molecule has 0 aromatic carbocycles. The molecule has 2 aromatic rings. The van der Waals surface area contributed by atoms with Gasteiger partial charge in [0, 0.05) is 19.2 Å². The predicted molar refractivity (Wildman–Crippen MR) is 73.4 cm³/mol. The first-order chi connectivity index (χ1) is 9.12. The standard InChI is InChI=1S/C13H17N3O2S/c1-2-9-19(17,18)15-8-6-11-12(10-15)16-7-4-3-5-13(16)14-11/h3-5,7H,2,6,8-10H2,1H3. The van der Waals surface area contributed by atoms with Crippen LogP contribution in [0.4, 0.5) is 0 Å². The van der Waals surface area contributed by atoms with Crippen molar-refractivity contribution >= 4 is 15.7 Å². The van der Waals surface area contributed by atoms with E-state index in [-0.39, 0.29) is 5.75 Å². The zero-order valence-electron chi connectivity index (χ0n) is 10.9. The van der Waals surface area contributed by atoms with Crippen molar-refractivity contribution in [1.82, 2.24) is 13.7 Å². The molecule has 6 heteroatoms. The highest BCUT2D eigenvalue weighted by molar-refractivity contribution is 7.89. The Morgan fingerprint density at radius 3 is 3.00 bits per heavy atom. The molecule has 5 nitrogen and oxygen atoms in total. The summed E-state index contributed by atoms with van der Waals surface area (Å²) < 4.78 is 27.9. The summed E-state index contributed by atoms with van der Waals surface area (Å²) in [5.74, 6) is 0.221. The van der Waals surface area contributed by atoms with Crippen LogP contribution in [-0.4, -0.2) is 34.4 Å². The number of rotatable bonds is 3. The van der Waals surface area contributed by atoms with Crippen molar-refractivity contribution in [3.8, 4) is 0 Å². The molecular weight excluding hydrogens is 262 g/mol. The lowest BCUT2D eigenvalue weighted by molar-refractivity contribution is 0.383. The minimum absolute atomic E-state index is 0.221. The second-order valence-electron chi connectivity index (χ2n) is 4.83. The molecular formula is C13H17N3O2S. The van der Waals surface area contributed by atoms with Crippen LogP contribution in [0.3, 0.4) is 0 Å². The summed E-state index contributed by atoms with van der Waals surface area (Å²) in [6.07, 6.45) is 3.29. The smallest absolute Gasteiger partial charge is 0.214 e. The highest BCUT2D eigenvalue weighted by atomic mass is 32.2. The molecule has 102 valence electrons. The molecule has 0 aliphatic carbocycles. The molecule has 0 radical (unpaired) electrons. The first-order valence-electron chi connectivity index (χ1n) is 6.54. The third-order valence-corrected chi connectivity index (χ3v) is 5.51. The first kappa shape index (κ1) is 12.6. The average Bonchev–Trinajstić information content (AvgIpc) is 2.76. The van der Waals surface area contributed by atoms with E-state index in [1.54, 1.807) is 4.31 Å². The molecule has 0 saturated carbocycles. The molecule has 2 aromatic heterocycles. The van der Waals surface area contributed by atoms with E-state index in [1.807, 2.05) is 35.7 Å². The van der Waals surface area contributed by atoms with Gasteiger partial charge < -0.3 is 4.40 Å². The van der Waals surface area contributed by atoms with Gasteiger partial charge in [0.25, 0.3) is 0 Å². The normalized spacial score (nSPS) is 16.7. The molecule has 19 heavy (non-hydrogen) atoms. The predicted octanol–water partition coefficient (Wildman–Crippen LogP) is 1.43. The molecule has 0 unspecified atom stereocenters. The van der Waals surface area contributed by atoms with E-state index in [9.17, 15) is 8.42 Å². The molecule has 0 fully saturated rings. The molecule has 0 saturated heterocycles. The molecule has 0 amide bonds. The second kappa shape index (κ2) is 4.61. The third kappa shape index (κ3) is 2.15. The van der Waals surface area contributed by atoms with Gasteiger partial charge in [-0.3, -0.25) is 0 Å². The van der Waals surface area contributed by atoms with Crippen LogP contribution in [0.1, 0.15) is 24.7 Å². The molecule has 3 heterocycles. The van der Waals surface area contributed by atoms with Gasteiger partial charge in [-0.15, -0.1) is 0 Å². The number of hydrogen-bond donors (Lipinski definition) is 0. The number of fused-ring (bicyclic) bond motifs is 3. The molecule has 0 atom stereocenters. The van der Waals surface area contributed by atoms with Gasteiger partial charge in [0.1, 0.15) is 5.65 Å². The highest BCUT2D eigenvalue weighted by Gasteiger charge is 2.28. The molecule has 3 rings (SSSR count). The van der Waals surface area contributed by atoms with Crippen molar-refractivity contribution in [2.24, 2.45) is 0 Å². The summed E-state index contributed by atoms with van der Waals surface area (Å²) in [5, 5.41) is 0. The maximum Gasteiger partial charge on any atom is 0.214 e. The van der Waals surface area contributed by atoms with Gasteiger partial charge in [-0.2, -0.15) is 4.31 Å². The average molecular weight is 279 g/mol. The van der Waals surface area contributed by atoms with Crippen LogP contribution in [0.15, 0.2) is 24.4 Å². The Labute approximate surface area is 112 Å². The van der Waals surface area contributed by atoms with E-state index in [0.29, 0.717) is 25.9 Å². The number of nitrogens with zero attached hydrogens (tertiary/aromatic N) is 3. The zero-order valence-corrected chi connectivity index (χ0v) is 11.7. The Bertz CT molecular complexity index is 706. The van der Waals surface area contributed by atoms with Gasteiger partial charge in [0.05, 0.1) is 23.7 Å². The maximum absolute atomic E-state index is 12.1. The van der Waals surface area contributed by atoms with Crippen LogP contribution in [0.25, 0.3) is 5.65 Å². The number of imidazole rings is 1. The summed E-state index contributed by atoms with van der Waals surface area (Å²) in [7, 11) is -3.13. The largest absolute Gasteiger partial charge is 0.302 e. The Balaban J connectivity index is 1.99. The van der Waals surface area contributed by atoms with Crippen LogP contribution in [-0.2, 0) is 23.0 Å². The topological polar surface area (TPSA) is 54.7 Å². The molecule has 0 spiro atoms. The Kier molecular flexibility index (Phi) is 3.06. The zero-order chi connectivity index (χ0) is 13.5. The van der Waals surface area contributed by atoms with Crippen LogP contribution in [0.5, 0.6) is 0 Å². The second-order valence-corrected chi connectivity index (χ2v) is 6.92. The minimum Gasteiger partial charge on any atom is -0.302 e. The molecule has 0 N–H and O–H groups in total. The Morgan fingerprint density at radius 2 is 2.21 bits per heavy atom. The fraction of sp³-hybridized carbons (Fsp3) is 0.462. The van der Waals surface area contributed by atoms with Crippen LogP contribution in [0.2, 0.25) is 0 Å². The van der Waals surface area contributed by atoms with Crippen LogP contribution < -0.4 is 0 Å². The van der Waals surface area contributed by atoms with Crippen molar-refractivity contribution in [3.63, 3.8) is 0 Å². The maximum atomic E-state index is 12.1. The van der Waals surface area contributed by atoms with E-state index in [4.69, 9.17) is 0 Å². The van der Waals surface area contributed by atoms with Gasteiger partial charge in [-0.05, 0) is 18.6 Å². The van der Waals surface area contributed by atoms with Gasteiger partial charge in [0.15, 0.2) is 0 Å². The first-order valence-corrected chi connectivity index (χ1v) is 8.15. The fourth-order valence-electron chi connectivity index (χ4n) is 2.56. The summed E-state index contributed by atoms with van der Waals surface area (Å²) >= 11 is 0. The Hall–Kier alpha value is -1.40. The lowest BCUT2D eigenvalue weighted by atomic mass is 10.2. The van der Waals surface area contributed by atoms with E-state index in [0.717, 1.165) is 17.0 Å². The number of aromatic nitrogens is 2. The van der Waals surface area contributed by atoms with Crippen LogP contribution >= 0.6 is 0 Å². The van der Waals surface area contributed by atoms with Gasteiger partial charge in [0.2, 0.25) is 10.0 Å². The van der Waals surface area contributed by atoms with Crippen molar-refractivity contribution < 1.29 is 8.42 Å². The Morgan fingerprint density at radius 1 is 1.37 bits per heavy atom. The summed E-state index contributed by atoms with van der Waals surface area (Å²) in [4.78, 5) is 4.56. The number of sulfonamides is 1. The van der Waals surface area contributed by atoms with E-state index in [2.05, 4.69) is 4.98 Å². The monoisotopic (exact) mass is 279 g/mol. The van der Waals surface area contributed by atoms with Crippen molar-refractivity contribution in [3.05, 3.63) is 35.8 Å². The fourth-order valence-corrected chi connectivity index (χ4v) is 4.03. The van der Waals surface area contributed by atoms with E-state index in [1.165, 1.54) is 0 Å². The van der Waals surface area contributed by atoms with E-state index < -0.39 is 10.0 Å². The summed E-state index contributed by atoms with van der Waals surface area (Å²) in [5.41, 5.74) is 2.91. The van der Waals surface area contributed by atoms with E-state index >= 15 is 0 Å².